The number of nitrogens with zero attached hydrogens (tertiary/aromatic N) is 2. The van der Waals surface area contributed by atoms with Gasteiger partial charge in [0.1, 0.15) is 5.82 Å². The quantitative estimate of drug-likeness (QED) is 0.876. The van der Waals surface area contributed by atoms with Crippen LogP contribution in [0.25, 0.3) is 0 Å². The summed E-state index contributed by atoms with van der Waals surface area (Å²) in [5, 5.41) is 7.74. The summed E-state index contributed by atoms with van der Waals surface area (Å²) >= 11 is 1.44. The van der Waals surface area contributed by atoms with Gasteiger partial charge in [0.25, 0.3) is 0 Å². The van der Waals surface area contributed by atoms with Gasteiger partial charge in [-0.2, -0.15) is 0 Å². The van der Waals surface area contributed by atoms with Crippen molar-refractivity contribution in [2.24, 2.45) is 0 Å². The molecule has 0 bridgehead atoms. The third kappa shape index (κ3) is 3.86. The number of benzene rings is 1. The molecule has 0 aliphatic carbocycles. The second-order valence-corrected chi connectivity index (χ2v) is 6.35. The number of likely N-dealkylation sites (N-methyl/N-ethyl adjacent to an activating group) is 1. The minimum absolute atomic E-state index is 0.132. The summed E-state index contributed by atoms with van der Waals surface area (Å²) in [6.07, 6.45) is 0.751. The molecule has 1 aromatic carbocycles. The van der Waals surface area contributed by atoms with Crippen LogP contribution in [0.5, 0.6) is 0 Å². The minimum Gasteiger partial charge on any atom is -0.309 e. The Morgan fingerprint density at radius 2 is 2.10 bits per heavy atom. The van der Waals surface area contributed by atoms with E-state index in [1.54, 1.807) is 6.07 Å². The fourth-order valence-corrected chi connectivity index (χ4v) is 3.31. The molecular formula is C16H22FN3S. The molecule has 2 aromatic rings. The average molecular weight is 307 g/mol. The Morgan fingerprint density at radius 1 is 1.33 bits per heavy atom. The third-order valence-electron chi connectivity index (χ3n) is 3.59. The predicted molar refractivity (Wildman–Crippen MR) is 85.3 cm³/mol. The van der Waals surface area contributed by atoms with Crippen molar-refractivity contribution >= 4 is 11.5 Å². The van der Waals surface area contributed by atoms with E-state index in [2.05, 4.69) is 35.7 Å². The van der Waals surface area contributed by atoms with E-state index >= 15 is 0 Å². The zero-order chi connectivity index (χ0) is 15.4. The van der Waals surface area contributed by atoms with E-state index in [0.717, 1.165) is 34.7 Å². The van der Waals surface area contributed by atoms with E-state index < -0.39 is 0 Å². The largest absolute Gasteiger partial charge is 0.309 e. The second kappa shape index (κ2) is 7.09. The Morgan fingerprint density at radius 3 is 2.76 bits per heavy atom. The van der Waals surface area contributed by atoms with Gasteiger partial charge in [-0.1, -0.05) is 31.3 Å². The van der Waals surface area contributed by atoms with Gasteiger partial charge >= 0.3 is 0 Å². The lowest BCUT2D eigenvalue weighted by molar-refractivity contribution is 0.545. The third-order valence-corrected chi connectivity index (χ3v) is 4.44. The zero-order valence-corrected chi connectivity index (χ0v) is 13.8. The molecule has 1 heterocycles. The molecular weight excluding hydrogens is 285 g/mol. The molecule has 0 fully saturated rings. The smallest absolute Gasteiger partial charge is 0.123 e. The van der Waals surface area contributed by atoms with Crippen LogP contribution in [-0.4, -0.2) is 16.1 Å². The first-order valence-electron chi connectivity index (χ1n) is 7.33. The van der Waals surface area contributed by atoms with E-state index in [4.69, 9.17) is 0 Å². The van der Waals surface area contributed by atoms with Gasteiger partial charge < -0.3 is 5.32 Å². The molecule has 0 radical (unpaired) electrons. The highest BCUT2D eigenvalue weighted by molar-refractivity contribution is 7.05. The number of hydrogen-bond acceptors (Lipinski definition) is 4. The van der Waals surface area contributed by atoms with Gasteiger partial charge in [-0.05, 0) is 60.6 Å². The summed E-state index contributed by atoms with van der Waals surface area (Å²) < 4.78 is 17.6. The van der Waals surface area contributed by atoms with Crippen LogP contribution >= 0.6 is 11.5 Å². The van der Waals surface area contributed by atoms with Gasteiger partial charge in [-0.15, -0.1) is 5.10 Å². The predicted octanol–water partition coefficient (Wildman–Crippen LogP) is 4.00. The van der Waals surface area contributed by atoms with Crippen LogP contribution < -0.4 is 5.32 Å². The molecule has 2 rings (SSSR count). The molecule has 1 N–H and O–H groups in total. The highest BCUT2D eigenvalue weighted by Gasteiger charge is 2.21. The van der Waals surface area contributed by atoms with Crippen molar-refractivity contribution in [3.05, 3.63) is 45.7 Å². The van der Waals surface area contributed by atoms with Gasteiger partial charge in [-0.3, -0.25) is 0 Å². The van der Waals surface area contributed by atoms with E-state index in [0.29, 0.717) is 5.92 Å². The summed E-state index contributed by atoms with van der Waals surface area (Å²) in [6.45, 7) is 9.20. The summed E-state index contributed by atoms with van der Waals surface area (Å²) in [5.41, 5.74) is 3.19. The van der Waals surface area contributed by atoms with Gasteiger partial charge in [0.15, 0.2) is 0 Å². The molecule has 0 saturated carbocycles. The Hall–Kier alpha value is -1.33. The molecule has 3 nitrogen and oxygen atoms in total. The minimum atomic E-state index is -0.183. The lowest BCUT2D eigenvalue weighted by Gasteiger charge is -2.19. The van der Waals surface area contributed by atoms with E-state index in [9.17, 15) is 4.39 Å². The van der Waals surface area contributed by atoms with Crippen molar-refractivity contribution < 1.29 is 4.39 Å². The number of nitrogens with one attached hydrogen (secondary N) is 1. The molecule has 0 saturated heterocycles. The standard InChI is InChI=1S/C16H22FN3S/c1-5-18-14(16-15(10(2)3)19-20-21-16)9-12-8-13(17)7-6-11(12)4/h6-8,10,14,18H,5,9H2,1-4H3. The van der Waals surface area contributed by atoms with Gasteiger partial charge in [0.05, 0.1) is 10.6 Å². The van der Waals surface area contributed by atoms with Gasteiger partial charge in [0, 0.05) is 6.04 Å². The molecule has 0 aliphatic rings. The first kappa shape index (κ1) is 16.0. The van der Waals surface area contributed by atoms with Crippen LogP contribution in [0.2, 0.25) is 0 Å². The number of aryl methyl sites for hydroxylation is 1. The second-order valence-electron chi connectivity index (χ2n) is 5.56. The lowest BCUT2D eigenvalue weighted by atomic mass is 9.97. The SMILES string of the molecule is CCNC(Cc1cc(F)ccc1C)c1snnc1C(C)C. The summed E-state index contributed by atoms with van der Waals surface area (Å²) in [5.74, 6) is 0.158. The Bertz CT molecular complexity index is 595. The topological polar surface area (TPSA) is 37.8 Å². The van der Waals surface area contributed by atoms with Gasteiger partial charge in [0.2, 0.25) is 0 Å². The molecule has 1 aromatic heterocycles. The number of hydrogen-bond donors (Lipinski definition) is 1. The molecule has 21 heavy (non-hydrogen) atoms. The zero-order valence-electron chi connectivity index (χ0n) is 13.0. The summed E-state index contributed by atoms with van der Waals surface area (Å²) in [4.78, 5) is 1.16. The van der Waals surface area contributed by atoms with Crippen LogP contribution in [0, 0.1) is 12.7 Å². The van der Waals surface area contributed by atoms with Crippen molar-refractivity contribution in [2.75, 3.05) is 6.54 Å². The van der Waals surface area contributed by atoms with Crippen LogP contribution in [0.4, 0.5) is 4.39 Å². The van der Waals surface area contributed by atoms with Crippen LogP contribution in [-0.2, 0) is 6.42 Å². The van der Waals surface area contributed by atoms with Crippen LogP contribution in [0.3, 0.4) is 0 Å². The number of halogens is 1. The van der Waals surface area contributed by atoms with Crippen molar-refractivity contribution in [1.82, 2.24) is 14.9 Å². The van der Waals surface area contributed by atoms with E-state index in [1.165, 1.54) is 17.6 Å². The van der Waals surface area contributed by atoms with Crippen molar-refractivity contribution in [2.45, 2.75) is 46.1 Å². The first-order valence-corrected chi connectivity index (χ1v) is 8.10. The van der Waals surface area contributed by atoms with Crippen molar-refractivity contribution in [3.8, 4) is 0 Å². The highest BCUT2D eigenvalue weighted by atomic mass is 32.1. The number of rotatable bonds is 6. The maximum absolute atomic E-state index is 13.5. The maximum Gasteiger partial charge on any atom is 0.123 e. The van der Waals surface area contributed by atoms with Crippen LogP contribution in [0.1, 0.15) is 54.4 Å². The molecule has 1 unspecified atom stereocenters. The van der Waals surface area contributed by atoms with Gasteiger partial charge in [-0.25, -0.2) is 4.39 Å². The molecule has 114 valence electrons. The van der Waals surface area contributed by atoms with E-state index in [1.807, 2.05) is 13.0 Å². The molecule has 0 spiro atoms. The lowest BCUT2D eigenvalue weighted by Crippen LogP contribution is -2.23. The number of aromatic nitrogens is 2. The Balaban J connectivity index is 2.31. The average Bonchev–Trinajstić information content (AvgIpc) is 2.91. The molecule has 1 atom stereocenters. The van der Waals surface area contributed by atoms with Crippen LogP contribution in [0.15, 0.2) is 18.2 Å². The first-order chi connectivity index (χ1) is 10.0. The fourth-order valence-electron chi connectivity index (χ4n) is 2.43. The summed E-state index contributed by atoms with van der Waals surface area (Å²) in [7, 11) is 0. The Labute approximate surface area is 129 Å². The normalized spacial score (nSPS) is 12.9. The molecule has 0 aliphatic heterocycles. The monoisotopic (exact) mass is 307 g/mol. The summed E-state index contributed by atoms with van der Waals surface area (Å²) in [6, 6.07) is 5.10. The Kier molecular flexibility index (Phi) is 5.42. The van der Waals surface area contributed by atoms with Crippen molar-refractivity contribution in [3.63, 3.8) is 0 Å². The molecule has 0 amide bonds. The maximum atomic E-state index is 13.5. The highest BCUT2D eigenvalue weighted by Crippen LogP contribution is 2.29. The van der Waals surface area contributed by atoms with Crippen molar-refractivity contribution in [1.29, 1.82) is 0 Å². The molecule has 5 heteroatoms. The van der Waals surface area contributed by atoms with E-state index in [-0.39, 0.29) is 11.9 Å². The fraction of sp³-hybridized carbons (Fsp3) is 0.500.